The molecule has 1 N–H and O–H groups in total. The Bertz CT molecular complexity index is 442. The van der Waals surface area contributed by atoms with E-state index in [4.69, 9.17) is 4.74 Å². The standard InChI is InChI=1S/C16H26N2OS/c1-12-10-18(6-3-7-19-12)11-14-8-16(20-13(14)2)9-17-15-4-5-15/h8,12,15,17H,3-7,9-11H2,1-2H3. The molecule has 0 amide bonds. The monoisotopic (exact) mass is 294 g/mol. The molecule has 1 aliphatic carbocycles. The van der Waals surface area contributed by atoms with Crippen molar-refractivity contribution in [2.24, 2.45) is 0 Å². The van der Waals surface area contributed by atoms with Gasteiger partial charge in [0.25, 0.3) is 0 Å². The quantitative estimate of drug-likeness (QED) is 0.903. The summed E-state index contributed by atoms with van der Waals surface area (Å²) in [7, 11) is 0. The van der Waals surface area contributed by atoms with Gasteiger partial charge in [-0.1, -0.05) is 0 Å². The molecule has 4 heteroatoms. The van der Waals surface area contributed by atoms with Crippen molar-refractivity contribution in [2.45, 2.75) is 58.3 Å². The molecular weight excluding hydrogens is 268 g/mol. The van der Waals surface area contributed by atoms with Gasteiger partial charge >= 0.3 is 0 Å². The SMILES string of the molecule is Cc1sc(CNC2CC2)cc1CN1CCCOC(C)C1. The third-order valence-electron chi connectivity index (χ3n) is 4.14. The highest BCUT2D eigenvalue weighted by Crippen LogP contribution is 2.25. The third-order valence-corrected chi connectivity index (χ3v) is 5.24. The molecular formula is C16H26N2OS. The van der Waals surface area contributed by atoms with E-state index in [-0.39, 0.29) is 0 Å². The van der Waals surface area contributed by atoms with E-state index in [0.29, 0.717) is 6.10 Å². The number of aryl methyl sites for hydroxylation is 1. The van der Waals surface area contributed by atoms with Crippen molar-refractivity contribution in [3.8, 4) is 0 Å². The minimum absolute atomic E-state index is 0.368. The first-order valence-corrected chi connectivity index (χ1v) is 8.68. The molecule has 3 nitrogen and oxygen atoms in total. The number of thiophene rings is 1. The summed E-state index contributed by atoms with van der Waals surface area (Å²) in [5.41, 5.74) is 1.51. The van der Waals surface area contributed by atoms with Crippen LogP contribution in [-0.4, -0.2) is 36.7 Å². The number of hydrogen-bond donors (Lipinski definition) is 1. The second-order valence-corrected chi connectivity index (χ2v) is 7.56. The van der Waals surface area contributed by atoms with Crippen molar-refractivity contribution >= 4 is 11.3 Å². The van der Waals surface area contributed by atoms with E-state index in [2.05, 4.69) is 30.1 Å². The fraction of sp³-hybridized carbons (Fsp3) is 0.750. The maximum atomic E-state index is 5.73. The van der Waals surface area contributed by atoms with E-state index < -0.39 is 0 Å². The Morgan fingerprint density at radius 3 is 3.10 bits per heavy atom. The number of rotatable bonds is 5. The summed E-state index contributed by atoms with van der Waals surface area (Å²) in [6, 6.07) is 3.20. The zero-order valence-corrected chi connectivity index (χ0v) is 13.5. The van der Waals surface area contributed by atoms with Crippen molar-refractivity contribution in [2.75, 3.05) is 19.7 Å². The molecule has 1 aromatic heterocycles. The number of nitrogens with one attached hydrogen (secondary N) is 1. The Labute approximate surface area is 126 Å². The molecule has 20 heavy (non-hydrogen) atoms. The third kappa shape index (κ3) is 4.04. The van der Waals surface area contributed by atoms with Crippen LogP contribution in [0.2, 0.25) is 0 Å². The summed E-state index contributed by atoms with van der Waals surface area (Å²) in [6.07, 6.45) is 4.25. The molecule has 2 heterocycles. The van der Waals surface area contributed by atoms with Gasteiger partial charge in [0, 0.05) is 48.6 Å². The highest BCUT2D eigenvalue weighted by Gasteiger charge is 2.21. The first-order valence-electron chi connectivity index (χ1n) is 7.86. The Morgan fingerprint density at radius 2 is 2.30 bits per heavy atom. The molecule has 1 saturated carbocycles. The second kappa shape index (κ2) is 6.56. The van der Waals surface area contributed by atoms with Gasteiger partial charge in [-0.05, 0) is 44.7 Å². The van der Waals surface area contributed by atoms with Gasteiger partial charge in [-0.2, -0.15) is 0 Å². The average molecular weight is 294 g/mol. The minimum atomic E-state index is 0.368. The van der Waals surface area contributed by atoms with Crippen molar-refractivity contribution in [1.29, 1.82) is 0 Å². The zero-order valence-electron chi connectivity index (χ0n) is 12.7. The van der Waals surface area contributed by atoms with E-state index in [9.17, 15) is 0 Å². The van der Waals surface area contributed by atoms with Crippen molar-refractivity contribution < 1.29 is 4.74 Å². The average Bonchev–Trinajstić information content (AvgIpc) is 3.19. The maximum Gasteiger partial charge on any atom is 0.0674 e. The summed E-state index contributed by atoms with van der Waals surface area (Å²) in [6.45, 7) is 9.72. The van der Waals surface area contributed by atoms with Crippen LogP contribution in [0.15, 0.2) is 6.07 Å². The van der Waals surface area contributed by atoms with E-state index in [1.165, 1.54) is 28.2 Å². The van der Waals surface area contributed by atoms with Crippen molar-refractivity contribution in [3.05, 3.63) is 21.4 Å². The molecule has 2 aliphatic rings. The van der Waals surface area contributed by atoms with Crippen LogP contribution in [0.4, 0.5) is 0 Å². The first-order chi connectivity index (χ1) is 9.70. The highest BCUT2D eigenvalue weighted by molar-refractivity contribution is 7.12. The topological polar surface area (TPSA) is 24.5 Å². The van der Waals surface area contributed by atoms with Gasteiger partial charge in [-0.15, -0.1) is 11.3 Å². The van der Waals surface area contributed by atoms with Crippen LogP contribution in [0.25, 0.3) is 0 Å². The lowest BCUT2D eigenvalue weighted by Gasteiger charge is -2.21. The van der Waals surface area contributed by atoms with Crippen LogP contribution in [0.3, 0.4) is 0 Å². The summed E-state index contributed by atoms with van der Waals surface area (Å²) in [4.78, 5) is 5.52. The minimum Gasteiger partial charge on any atom is -0.377 e. The Kier molecular flexibility index (Phi) is 4.76. The fourth-order valence-corrected chi connectivity index (χ4v) is 3.83. The Balaban J connectivity index is 1.57. The van der Waals surface area contributed by atoms with Crippen molar-refractivity contribution in [1.82, 2.24) is 10.2 Å². The second-order valence-electron chi connectivity index (χ2n) is 6.22. The van der Waals surface area contributed by atoms with Crippen LogP contribution in [0, 0.1) is 6.92 Å². The normalized spacial score (nSPS) is 24.8. The zero-order chi connectivity index (χ0) is 13.9. The molecule has 1 atom stereocenters. The smallest absolute Gasteiger partial charge is 0.0674 e. The lowest BCUT2D eigenvalue weighted by molar-refractivity contribution is 0.0668. The predicted octanol–water partition coefficient (Wildman–Crippen LogP) is 2.92. The molecule has 1 aliphatic heterocycles. The molecule has 1 unspecified atom stereocenters. The molecule has 2 fully saturated rings. The van der Waals surface area contributed by atoms with Crippen LogP contribution in [-0.2, 0) is 17.8 Å². The van der Waals surface area contributed by atoms with Crippen LogP contribution < -0.4 is 5.32 Å². The van der Waals surface area contributed by atoms with Crippen LogP contribution in [0.5, 0.6) is 0 Å². The van der Waals surface area contributed by atoms with Gasteiger partial charge in [0.15, 0.2) is 0 Å². The molecule has 0 bridgehead atoms. The van der Waals surface area contributed by atoms with Gasteiger partial charge in [0.05, 0.1) is 6.10 Å². The first kappa shape index (κ1) is 14.5. The molecule has 3 rings (SSSR count). The highest BCUT2D eigenvalue weighted by atomic mass is 32.1. The molecule has 0 aromatic carbocycles. The summed E-state index contributed by atoms with van der Waals surface area (Å²) >= 11 is 1.96. The molecule has 1 aromatic rings. The van der Waals surface area contributed by atoms with E-state index in [0.717, 1.165) is 45.2 Å². The van der Waals surface area contributed by atoms with Gasteiger partial charge in [0.1, 0.15) is 0 Å². The summed E-state index contributed by atoms with van der Waals surface area (Å²) < 4.78 is 5.73. The number of hydrogen-bond acceptors (Lipinski definition) is 4. The van der Waals surface area contributed by atoms with Gasteiger partial charge < -0.3 is 10.1 Å². The largest absolute Gasteiger partial charge is 0.377 e. The summed E-state index contributed by atoms with van der Waals surface area (Å²) in [5, 5.41) is 3.61. The lowest BCUT2D eigenvalue weighted by Crippen LogP contribution is -2.29. The van der Waals surface area contributed by atoms with E-state index >= 15 is 0 Å². The predicted molar refractivity (Wildman–Crippen MR) is 84.2 cm³/mol. The van der Waals surface area contributed by atoms with E-state index in [1.54, 1.807) is 0 Å². The number of ether oxygens (including phenoxy) is 1. The molecule has 0 radical (unpaired) electrons. The maximum absolute atomic E-state index is 5.73. The van der Waals surface area contributed by atoms with Gasteiger partial charge in [-0.3, -0.25) is 4.90 Å². The molecule has 0 spiro atoms. The fourth-order valence-electron chi connectivity index (χ4n) is 2.83. The Morgan fingerprint density at radius 1 is 1.45 bits per heavy atom. The van der Waals surface area contributed by atoms with Gasteiger partial charge in [0.2, 0.25) is 0 Å². The van der Waals surface area contributed by atoms with Crippen molar-refractivity contribution in [3.63, 3.8) is 0 Å². The summed E-state index contributed by atoms with van der Waals surface area (Å²) in [5.74, 6) is 0. The number of nitrogens with zero attached hydrogens (tertiary/aromatic N) is 1. The van der Waals surface area contributed by atoms with Gasteiger partial charge in [-0.25, -0.2) is 0 Å². The lowest BCUT2D eigenvalue weighted by atomic mass is 10.2. The van der Waals surface area contributed by atoms with E-state index in [1.807, 2.05) is 11.3 Å². The molecule has 112 valence electrons. The Hall–Kier alpha value is -0.420. The molecule has 1 saturated heterocycles. The van der Waals surface area contributed by atoms with Crippen LogP contribution >= 0.6 is 11.3 Å². The van der Waals surface area contributed by atoms with Crippen LogP contribution in [0.1, 0.15) is 41.5 Å².